The Balaban J connectivity index is 1.98. The lowest BCUT2D eigenvalue weighted by molar-refractivity contribution is -0.385. The van der Waals surface area contributed by atoms with Crippen LogP contribution in [0.2, 0.25) is 0 Å². The quantitative estimate of drug-likeness (QED) is 0.488. The van der Waals surface area contributed by atoms with E-state index in [0.717, 1.165) is 18.5 Å². The largest absolute Gasteiger partial charge is 0.465 e. The van der Waals surface area contributed by atoms with Crippen molar-refractivity contribution in [3.63, 3.8) is 0 Å². The van der Waals surface area contributed by atoms with Gasteiger partial charge >= 0.3 is 5.97 Å². The highest BCUT2D eigenvalue weighted by molar-refractivity contribution is 5.95. The molecule has 0 radical (unpaired) electrons. The summed E-state index contributed by atoms with van der Waals surface area (Å²) in [4.78, 5) is 24.5. The van der Waals surface area contributed by atoms with E-state index in [1.807, 2.05) is 19.2 Å². The number of nitro benzene ring substituents is 1. The number of hydrogen-bond donors (Lipinski definition) is 0. The van der Waals surface area contributed by atoms with Gasteiger partial charge < -0.3 is 9.64 Å². The van der Waals surface area contributed by atoms with Gasteiger partial charge in [-0.1, -0.05) is 24.3 Å². The maximum atomic E-state index is 11.9. The van der Waals surface area contributed by atoms with Crippen molar-refractivity contribution in [2.45, 2.75) is 18.9 Å². The minimum atomic E-state index is -0.705. The fraction of sp³-hybridized carbons (Fsp3) is 0.278. The molecule has 0 aromatic heterocycles. The number of carbonyl (C=O) groups excluding carboxylic acids is 1. The molecule has 2 aromatic rings. The Morgan fingerprint density at radius 1 is 1.29 bits per heavy atom. The molecule has 1 atom stereocenters. The van der Waals surface area contributed by atoms with Crippen molar-refractivity contribution in [2.24, 2.45) is 0 Å². The number of anilines is 1. The number of benzene rings is 2. The molecule has 0 saturated heterocycles. The van der Waals surface area contributed by atoms with Crippen LogP contribution in [0.5, 0.6) is 0 Å². The van der Waals surface area contributed by atoms with E-state index in [0.29, 0.717) is 0 Å². The number of carbonyl (C=O) groups is 1. The minimum Gasteiger partial charge on any atom is -0.465 e. The van der Waals surface area contributed by atoms with E-state index in [9.17, 15) is 14.9 Å². The van der Waals surface area contributed by atoms with E-state index in [2.05, 4.69) is 21.8 Å². The number of fused-ring (bicyclic) bond motifs is 1. The molecular formula is C18H18N2O4. The molecular weight excluding hydrogens is 308 g/mol. The predicted octanol–water partition coefficient (Wildman–Crippen LogP) is 3.51. The molecule has 0 N–H and O–H groups in total. The number of methoxy groups -OCH3 is 1. The predicted molar refractivity (Wildman–Crippen MR) is 90.3 cm³/mol. The van der Waals surface area contributed by atoms with Gasteiger partial charge in [-0.3, -0.25) is 10.1 Å². The van der Waals surface area contributed by atoms with Crippen molar-refractivity contribution >= 4 is 17.3 Å². The maximum Gasteiger partial charge on any atom is 0.344 e. The Labute approximate surface area is 139 Å². The molecule has 24 heavy (non-hydrogen) atoms. The van der Waals surface area contributed by atoms with Gasteiger partial charge in [0, 0.05) is 18.8 Å². The summed E-state index contributed by atoms with van der Waals surface area (Å²) < 4.78 is 4.68. The monoisotopic (exact) mass is 326 g/mol. The molecule has 0 heterocycles. The summed E-state index contributed by atoms with van der Waals surface area (Å²) >= 11 is 0. The fourth-order valence-electron chi connectivity index (χ4n) is 3.29. The van der Waals surface area contributed by atoms with Crippen molar-refractivity contribution in [1.29, 1.82) is 0 Å². The topological polar surface area (TPSA) is 72.7 Å². The highest BCUT2D eigenvalue weighted by atomic mass is 16.6. The second-order valence-corrected chi connectivity index (χ2v) is 5.81. The summed E-state index contributed by atoms with van der Waals surface area (Å²) in [5, 5.41) is 11.1. The lowest BCUT2D eigenvalue weighted by Gasteiger charge is -2.28. The summed E-state index contributed by atoms with van der Waals surface area (Å²) in [6.45, 7) is 0. The summed E-state index contributed by atoms with van der Waals surface area (Å²) in [6, 6.07) is 13.0. The zero-order chi connectivity index (χ0) is 17.3. The number of nitro groups is 1. The van der Waals surface area contributed by atoms with Crippen LogP contribution in [-0.2, 0) is 11.2 Å². The van der Waals surface area contributed by atoms with Gasteiger partial charge in [-0.25, -0.2) is 4.79 Å². The third kappa shape index (κ3) is 2.71. The smallest absolute Gasteiger partial charge is 0.344 e. The maximum absolute atomic E-state index is 11.9. The zero-order valence-corrected chi connectivity index (χ0v) is 13.6. The highest BCUT2D eigenvalue weighted by Gasteiger charge is 2.28. The second kappa shape index (κ2) is 6.31. The second-order valence-electron chi connectivity index (χ2n) is 5.81. The SMILES string of the molecule is COC(=O)c1cc(N(C)C2CCc3ccccc32)ccc1[N+](=O)[O-]. The number of aryl methyl sites for hydroxylation is 1. The van der Waals surface area contributed by atoms with Crippen molar-refractivity contribution in [1.82, 2.24) is 0 Å². The summed E-state index contributed by atoms with van der Waals surface area (Å²) in [6.07, 6.45) is 1.97. The Morgan fingerprint density at radius 2 is 2.04 bits per heavy atom. The highest BCUT2D eigenvalue weighted by Crippen LogP contribution is 2.38. The van der Waals surface area contributed by atoms with Crippen LogP contribution in [0.3, 0.4) is 0 Å². The van der Waals surface area contributed by atoms with E-state index >= 15 is 0 Å². The average Bonchev–Trinajstić information content (AvgIpc) is 3.03. The Hall–Kier alpha value is -2.89. The van der Waals surface area contributed by atoms with E-state index in [1.165, 1.54) is 30.4 Å². The van der Waals surface area contributed by atoms with Gasteiger partial charge in [-0.2, -0.15) is 0 Å². The standard InChI is InChI=1S/C18H18N2O4/c1-19(16-9-7-12-5-3-4-6-14(12)16)13-8-10-17(20(22)23)15(11-13)18(21)24-2/h3-6,8,10-11,16H,7,9H2,1-2H3. The van der Waals surface area contributed by atoms with E-state index < -0.39 is 10.9 Å². The van der Waals surface area contributed by atoms with Crippen LogP contribution in [0, 0.1) is 10.1 Å². The molecule has 1 aliphatic carbocycles. The first kappa shape index (κ1) is 16.0. The first-order valence-corrected chi connectivity index (χ1v) is 7.70. The van der Waals surface area contributed by atoms with E-state index in [-0.39, 0.29) is 17.3 Å². The van der Waals surface area contributed by atoms with Crippen LogP contribution in [0.25, 0.3) is 0 Å². The van der Waals surface area contributed by atoms with Gasteiger partial charge in [0.1, 0.15) is 5.56 Å². The van der Waals surface area contributed by atoms with Crippen LogP contribution in [0.15, 0.2) is 42.5 Å². The van der Waals surface area contributed by atoms with E-state index in [4.69, 9.17) is 0 Å². The molecule has 0 aliphatic heterocycles. The number of ether oxygens (including phenoxy) is 1. The molecule has 0 fully saturated rings. The van der Waals surface area contributed by atoms with Crippen LogP contribution in [0.1, 0.15) is 33.9 Å². The first-order valence-electron chi connectivity index (χ1n) is 7.70. The normalized spacial score (nSPS) is 15.7. The molecule has 6 heteroatoms. The third-order valence-electron chi connectivity index (χ3n) is 4.56. The number of hydrogen-bond acceptors (Lipinski definition) is 5. The molecule has 1 aliphatic rings. The molecule has 0 spiro atoms. The minimum absolute atomic E-state index is 0.0295. The molecule has 0 amide bonds. The number of rotatable bonds is 4. The van der Waals surface area contributed by atoms with Gasteiger partial charge in [0.2, 0.25) is 0 Å². The van der Waals surface area contributed by atoms with E-state index in [1.54, 1.807) is 6.07 Å². The van der Waals surface area contributed by atoms with Gasteiger partial charge in [-0.05, 0) is 36.1 Å². The van der Waals surface area contributed by atoms with Crippen LogP contribution < -0.4 is 4.90 Å². The summed E-state index contributed by atoms with van der Waals surface area (Å²) in [7, 11) is 3.16. The average molecular weight is 326 g/mol. The molecule has 6 nitrogen and oxygen atoms in total. The fourth-order valence-corrected chi connectivity index (χ4v) is 3.29. The lowest BCUT2D eigenvalue weighted by atomic mass is 10.1. The van der Waals surface area contributed by atoms with Gasteiger partial charge in [0.15, 0.2) is 0 Å². The number of esters is 1. The zero-order valence-electron chi connectivity index (χ0n) is 13.6. The molecule has 0 bridgehead atoms. The van der Waals surface area contributed by atoms with Crippen molar-refractivity contribution in [3.05, 3.63) is 69.3 Å². The molecule has 0 saturated carbocycles. The lowest BCUT2D eigenvalue weighted by Crippen LogP contribution is -2.22. The van der Waals surface area contributed by atoms with Crippen molar-refractivity contribution in [2.75, 3.05) is 19.1 Å². The Morgan fingerprint density at radius 3 is 2.75 bits per heavy atom. The molecule has 1 unspecified atom stereocenters. The summed E-state index contributed by atoms with van der Waals surface area (Å²) in [5.41, 5.74) is 3.06. The summed E-state index contributed by atoms with van der Waals surface area (Å²) in [5.74, 6) is -0.705. The van der Waals surface area contributed by atoms with Gasteiger partial charge in [0.05, 0.1) is 18.1 Å². The number of nitrogens with zero attached hydrogens (tertiary/aromatic N) is 2. The Kier molecular flexibility index (Phi) is 4.20. The van der Waals surface area contributed by atoms with Crippen molar-refractivity contribution in [3.8, 4) is 0 Å². The van der Waals surface area contributed by atoms with Crippen LogP contribution >= 0.6 is 0 Å². The molecule has 2 aromatic carbocycles. The third-order valence-corrected chi connectivity index (χ3v) is 4.56. The Bertz CT molecular complexity index is 803. The first-order chi connectivity index (χ1) is 11.5. The van der Waals surface area contributed by atoms with Crippen LogP contribution in [0.4, 0.5) is 11.4 Å². The molecule has 3 rings (SSSR count). The molecule has 124 valence electrons. The van der Waals surface area contributed by atoms with Crippen LogP contribution in [-0.4, -0.2) is 25.1 Å². The van der Waals surface area contributed by atoms with Gasteiger partial charge in [-0.15, -0.1) is 0 Å². The van der Waals surface area contributed by atoms with Crippen molar-refractivity contribution < 1.29 is 14.5 Å². The van der Waals surface area contributed by atoms with Gasteiger partial charge in [0.25, 0.3) is 5.69 Å².